The van der Waals surface area contributed by atoms with Gasteiger partial charge in [0.05, 0.1) is 0 Å². The Bertz CT molecular complexity index is 4800. The normalized spacial score (nSPS) is 15.0. The average Bonchev–Trinajstić information content (AvgIpc) is 1.56. The van der Waals surface area contributed by atoms with Crippen LogP contribution in [-0.4, -0.2) is 0 Å². The molecule has 15 rings (SSSR count). The van der Waals surface area contributed by atoms with Crippen LogP contribution >= 0.6 is 0 Å². The lowest BCUT2D eigenvalue weighted by Crippen LogP contribution is -2.26. The first-order valence-corrected chi connectivity index (χ1v) is 52.9. The van der Waals surface area contributed by atoms with Gasteiger partial charge >= 0.3 is 0 Å². The van der Waals surface area contributed by atoms with E-state index >= 15 is 0 Å². The van der Waals surface area contributed by atoms with Gasteiger partial charge in [0.25, 0.3) is 0 Å². The predicted molar refractivity (Wildman–Crippen MR) is 547 cm³/mol. The standard InChI is InChI=1S/C125H162/c1-11-21-31-45-75-121(76-46-32-22-12-2)111-57-43-41-55-101(111)103-67-59-93(85-113(103)121)95-61-69-105-107-71-63-97(89-117(107)123(115(105)87-95,79-49-35-25-15-5)80-50-36-26-16-6)99-65-73-109-110-74-66-100(92-120(110)125(119(109)91-99,83-53-39-29-19-9)84-54-40-30-20-10)98-64-72-108-106-70-62-96(88-116(106)124(118(108)90-98,81-51-37-27-17-7)82-52-38-28-18-8)94-60-68-104-102-56-42-44-58-112(102)122(114(104)86-94,77-47-33-23-13-3)78-48-34-24-14-4/h41-44,55-74,85-92H,11-40,45-54,75-84H2,1-10H3. The van der Waals surface area contributed by atoms with E-state index < -0.39 is 0 Å². The summed E-state index contributed by atoms with van der Waals surface area (Å²) in [7, 11) is 0. The van der Waals surface area contributed by atoms with Gasteiger partial charge in [-0.25, -0.2) is 0 Å². The zero-order valence-corrected chi connectivity index (χ0v) is 80.3. The van der Waals surface area contributed by atoms with Crippen molar-refractivity contribution in [1.29, 1.82) is 0 Å². The molecule has 0 fully saturated rings. The second-order valence-electron chi connectivity index (χ2n) is 40.7. The molecule has 0 bridgehead atoms. The smallest absolute Gasteiger partial charge is 0.0215 e. The van der Waals surface area contributed by atoms with E-state index in [0.717, 1.165) is 0 Å². The Morgan fingerprint density at radius 3 is 0.400 bits per heavy atom. The number of hydrogen-bond donors (Lipinski definition) is 0. The molecule has 0 amide bonds. The first kappa shape index (κ1) is 91.9. The van der Waals surface area contributed by atoms with E-state index in [1.165, 1.54) is 421 Å². The van der Waals surface area contributed by atoms with Gasteiger partial charge in [-0.3, -0.25) is 0 Å². The highest BCUT2D eigenvalue weighted by atomic mass is 14.5. The number of unbranched alkanes of at least 4 members (excludes halogenated alkanes) is 30. The highest BCUT2D eigenvalue weighted by molar-refractivity contribution is 5.93. The van der Waals surface area contributed by atoms with Crippen molar-refractivity contribution >= 4 is 0 Å². The van der Waals surface area contributed by atoms with Crippen molar-refractivity contribution in [3.05, 3.63) is 250 Å². The molecule has 0 N–H and O–H groups in total. The zero-order chi connectivity index (χ0) is 86.6. The number of hydrogen-bond acceptors (Lipinski definition) is 0. The van der Waals surface area contributed by atoms with Crippen LogP contribution in [0.5, 0.6) is 0 Å². The van der Waals surface area contributed by atoms with Crippen molar-refractivity contribution in [3.63, 3.8) is 0 Å². The van der Waals surface area contributed by atoms with E-state index in [4.69, 9.17) is 0 Å². The summed E-state index contributed by atoms with van der Waals surface area (Å²) in [5.74, 6) is 0. The predicted octanol–water partition coefficient (Wildman–Crippen LogP) is 39.4. The summed E-state index contributed by atoms with van der Waals surface area (Å²) in [6, 6.07) is 82.5. The molecule has 662 valence electrons. The fourth-order valence-electron chi connectivity index (χ4n) is 25.7. The van der Waals surface area contributed by atoms with Crippen LogP contribution < -0.4 is 0 Å². The van der Waals surface area contributed by atoms with Gasteiger partial charge in [-0.05, 0) is 269 Å². The summed E-state index contributed by atoms with van der Waals surface area (Å²) in [5.41, 5.74) is 42.0. The maximum absolute atomic E-state index is 2.79. The fraction of sp³-hybridized carbons (Fsp3) is 0.520. The molecular formula is C125H162. The zero-order valence-electron chi connectivity index (χ0n) is 80.3. The van der Waals surface area contributed by atoms with Crippen LogP contribution in [0.1, 0.15) is 446 Å². The summed E-state index contributed by atoms with van der Waals surface area (Å²) < 4.78 is 0. The Kier molecular flexibility index (Phi) is 32.0. The Labute approximate surface area is 762 Å². The molecule has 5 aliphatic rings. The van der Waals surface area contributed by atoms with Crippen LogP contribution in [-0.2, 0) is 27.1 Å². The van der Waals surface area contributed by atoms with Gasteiger partial charge in [0, 0.05) is 27.1 Å². The Morgan fingerprint density at radius 2 is 0.256 bits per heavy atom. The van der Waals surface area contributed by atoms with Crippen molar-refractivity contribution in [2.24, 2.45) is 0 Å². The van der Waals surface area contributed by atoms with Gasteiger partial charge in [-0.2, -0.15) is 0 Å². The molecule has 0 atom stereocenters. The van der Waals surface area contributed by atoms with Gasteiger partial charge in [-0.15, -0.1) is 0 Å². The maximum atomic E-state index is 2.79. The highest BCUT2D eigenvalue weighted by Crippen LogP contribution is 2.63. The monoisotopic (exact) mass is 1660 g/mol. The van der Waals surface area contributed by atoms with Crippen LogP contribution in [0.2, 0.25) is 0 Å². The highest BCUT2D eigenvalue weighted by Gasteiger charge is 2.49. The molecule has 5 aliphatic carbocycles. The van der Waals surface area contributed by atoms with E-state index in [2.05, 4.69) is 263 Å². The van der Waals surface area contributed by atoms with Crippen molar-refractivity contribution in [2.45, 2.75) is 417 Å². The van der Waals surface area contributed by atoms with Crippen LogP contribution in [0.25, 0.3) is 100 Å². The molecule has 0 unspecified atom stereocenters. The van der Waals surface area contributed by atoms with E-state index in [-0.39, 0.29) is 27.1 Å². The van der Waals surface area contributed by atoms with Gasteiger partial charge in [0.1, 0.15) is 0 Å². The topological polar surface area (TPSA) is 0 Å². The summed E-state index contributed by atoms with van der Waals surface area (Å²) in [5, 5.41) is 0. The molecule has 0 radical (unpaired) electrons. The van der Waals surface area contributed by atoms with Crippen LogP contribution in [0.15, 0.2) is 194 Å². The van der Waals surface area contributed by atoms with E-state index in [1.54, 1.807) is 55.6 Å². The minimum atomic E-state index is -0.0935. The first-order valence-electron chi connectivity index (χ1n) is 52.9. The van der Waals surface area contributed by atoms with Gasteiger partial charge < -0.3 is 0 Å². The lowest BCUT2D eigenvalue weighted by molar-refractivity contribution is 0.400. The molecule has 0 spiro atoms. The molecule has 0 aliphatic heterocycles. The summed E-state index contributed by atoms with van der Waals surface area (Å²) in [6.45, 7) is 23.9. The summed E-state index contributed by atoms with van der Waals surface area (Å²) in [4.78, 5) is 0. The van der Waals surface area contributed by atoms with Crippen molar-refractivity contribution in [2.75, 3.05) is 0 Å². The molecule has 0 saturated carbocycles. The van der Waals surface area contributed by atoms with Gasteiger partial charge in [0.2, 0.25) is 0 Å². The fourth-order valence-corrected chi connectivity index (χ4v) is 25.7. The minimum Gasteiger partial charge on any atom is -0.0654 e. The Morgan fingerprint density at radius 1 is 0.128 bits per heavy atom. The van der Waals surface area contributed by atoms with E-state index in [0.29, 0.717) is 0 Å². The molecule has 0 heterocycles. The Balaban J connectivity index is 0.821. The quantitative estimate of drug-likeness (QED) is 0.0333. The van der Waals surface area contributed by atoms with Crippen molar-refractivity contribution in [1.82, 2.24) is 0 Å². The third kappa shape index (κ3) is 18.8. The minimum absolute atomic E-state index is 0.0509. The SMILES string of the molecule is CCCCCCC1(CCCCCC)c2ccccc2-c2ccc(-c3ccc4c(c3)C(CCCCCC)(CCCCCC)c3cc(-c5ccc6c(c5)C(CCCCCC)(CCCCCC)c5cc(-c7ccc8c(c7)C(CCCCCC)(CCCCCC)c7cc(-c9ccc%10c(c9)C(CCCCCC)(CCCCCC)c9ccccc9-%10)ccc7-8)ccc5-6)ccc3-4)cc21. The summed E-state index contributed by atoms with van der Waals surface area (Å²) in [6.07, 6.45) is 63.5. The molecule has 0 nitrogen and oxygen atoms in total. The van der Waals surface area contributed by atoms with E-state index in [1.807, 2.05) is 0 Å². The number of fused-ring (bicyclic) bond motifs is 15. The Hall–Kier alpha value is -7.80. The molecule has 125 heavy (non-hydrogen) atoms. The number of rotatable bonds is 54. The van der Waals surface area contributed by atoms with Crippen molar-refractivity contribution in [3.8, 4) is 100 Å². The molecule has 0 aromatic heterocycles. The first-order chi connectivity index (χ1) is 61.5. The molecule has 10 aromatic rings. The van der Waals surface area contributed by atoms with Crippen molar-refractivity contribution < 1.29 is 0 Å². The van der Waals surface area contributed by atoms with E-state index in [9.17, 15) is 0 Å². The van der Waals surface area contributed by atoms with Crippen LogP contribution in [0.3, 0.4) is 0 Å². The lowest BCUT2D eigenvalue weighted by Gasteiger charge is -2.34. The second kappa shape index (κ2) is 43.5. The van der Waals surface area contributed by atoms with Crippen LogP contribution in [0.4, 0.5) is 0 Å². The molecule has 0 saturated heterocycles. The molecular weight excluding hydrogens is 1500 g/mol. The third-order valence-electron chi connectivity index (χ3n) is 32.5. The maximum Gasteiger partial charge on any atom is 0.0215 e. The number of benzene rings is 10. The summed E-state index contributed by atoms with van der Waals surface area (Å²) >= 11 is 0. The molecule has 0 heteroatoms. The van der Waals surface area contributed by atoms with Crippen LogP contribution in [0, 0.1) is 0 Å². The molecule has 10 aromatic carbocycles. The third-order valence-corrected chi connectivity index (χ3v) is 32.5. The van der Waals surface area contributed by atoms with Gasteiger partial charge in [0.15, 0.2) is 0 Å². The largest absolute Gasteiger partial charge is 0.0654 e. The lowest BCUT2D eigenvalue weighted by atomic mass is 9.69. The second-order valence-corrected chi connectivity index (χ2v) is 40.7. The average molecular weight is 1660 g/mol. The van der Waals surface area contributed by atoms with Gasteiger partial charge in [-0.1, -0.05) is 472 Å².